The number of nitrogens with one attached hydrogen (secondary N) is 1. The number of carbonyl (C=O) groups excluding carboxylic acids is 3. The molecular weight excluding hydrogens is 1350 g/mol. The Morgan fingerprint density at radius 2 is 1.03 bits per heavy atom. The molecule has 0 saturated carbocycles. The van der Waals surface area contributed by atoms with Crippen LogP contribution in [0.15, 0.2) is 48.5 Å². The second kappa shape index (κ2) is 32.5. The first-order valence-electron chi connectivity index (χ1n) is 17.7. The van der Waals surface area contributed by atoms with Crippen molar-refractivity contribution in [1.82, 2.24) is 0 Å². The average Bonchev–Trinajstić information content (AvgIpc) is 3.15. The third kappa shape index (κ3) is 21.5. The summed E-state index contributed by atoms with van der Waals surface area (Å²) in [5, 5.41) is 27.4. The standard InChI is InChI=1S/C19H27NO6.C19H26O7.CH2I2.2CH3.H2N.2W/c1-19(2)11-25-18(12-7-9-13(24-3)10-8-12)26-16(19)14(21)5-4-6-15(22)17(20)23;1-19(2)11-25-18(12-7-9-13(24-3)10-8-12)26-16(19)14(20)5-4-6-15(21)17(22)23;2-1-3;;;;;/h7-10,15-16,18,22H,4-6,11H2,1-3H3,(H2,20,23);7-10,15-16,18,21H,4-6,11H2,1-3H3,(H,22,23);1H2;2*1H3;1H2;;/q;;;3*-1;2*+2/p-1/t2*15?,16-,18?;;;;;;/m00....../s1. The van der Waals surface area contributed by atoms with Crippen LogP contribution >= 0.6 is 45.2 Å². The van der Waals surface area contributed by atoms with Crippen molar-refractivity contribution in [3.05, 3.63) is 86.4 Å². The number of hydrogen-bond acceptors (Lipinski definition) is 12. The Morgan fingerprint density at radius 3 is 1.32 bits per heavy atom. The molecule has 2 aromatic rings. The van der Waals surface area contributed by atoms with Crippen LogP contribution in [0.4, 0.5) is 0 Å². The molecule has 4 unspecified atom stereocenters. The summed E-state index contributed by atoms with van der Waals surface area (Å²) in [6, 6.07) is 14.5. The number of alkyl halides is 2. The third-order valence-electron chi connectivity index (χ3n) is 8.90. The largest absolute Gasteiger partial charge is 2.00 e. The Bertz CT molecular complexity index is 1410. The Balaban J connectivity index is -0.000000455. The zero-order valence-electron chi connectivity index (χ0n) is 35.5. The Labute approximate surface area is 412 Å². The van der Waals surface area contributed by atoms with Gasteiger partial charge < -0.3 is 75.3 Å². The molecule has 2 fully saturated rings. The zero-order valence-corrected chi connectivity index (χ0v) is 45.7. The Morgan fingerprint density at radius 1 is 0.717 bits per heavy atom. The number of nitrogens with two attached hydrogens (primary N) is 1. The number of hydrogen-bond donors (Lipinski definition) is 3. The first-order chi connectivity index (χ1) is 25.9. The number of rotatable bonds is 16. The van der Waals surface area contributed by atoms with Crippen LogP contribution in [-0.4, -0.2) is 93.0 Å². The first-order valence-corrected chi connectivity index (χ1v) is 20.8. The van der Waals surface area contributed by atoms with E-state index in [1.165, 1.54) is 2.43 Å². The van der Waals surface area contributed by atoms with Gasteiger partial charge in [-0.05, 0) is 49.9 Å². The number of Topliss-reactive ketones (excluding diaryl/α,β-unsaturated/α-hetero) is 2. The molecule has 19 heteroatoms. The van der Waals surface area contributed by atoms with Crippen molar-refractivity contribution >= 4 is 68.6 Å². The third-order valence-corrected chi connectivity index (χ3v) is 8.90. The van der Waals surface area contributed by atoms with Crippen LogP contribution in [0.25, 0.3) is 11.9 Å². The molecule has 1 amide bonds. The molecule has 0 aromatic heterocycles. The molecule has 2 heterocycles. The summed E-state index contributed by atoms with van der Waals surface area (Å²) in [4.78, 5) is 46.6. The SMILES string of the molecule is COc1ccc(C2OCC(C)(C)[C@H](C(=O)CCCC(O)C(=O)O)O2)cc1.COc1ccc(C2OCC(C)(C)[C@H](C(=O)CCCC(O)C([NH-])=O)O2)cc1.ICI.[CH3-].[CH3-].[NH2-].[W+2].[W+2]. The molecule has 4 rings (SSSR count). The van der Waals surface area contributed by atoms with Gasteiger partial charge in [0, 0.05) is 34.8 Å². The number of aliphatic hydroxyl groups is 2. The fourth-order valence-electron chi connectivity index (χ4n) is 5.78. The number of aliphatic hydroxyl groups excluding tert-OH is 2. The molecule has 6 N–H and O–H groups in total. The van der Waals surface area contributed by atoms with Gasteiger partial charge in [-0.25, -0.2) is 4.79 Å². The molecule has 0 aliphatic carbocycles. The number of amides is 1. The molecular formula is C41H62I2N2O13W2. The van der Waals surface area contributed by atoms with Gasteiger partial charge in [0.2, 0.25) is 0 Å². The Kier molecular flexibility index (Phi) is 35.5. The average molecular weight is 1410 g/mol. The van der Waals surface area contributed by atoms with E-state index in [4.69, 9.17) is 39.3 Å². The van der Waals surface area contributed by atoms with E-state index in [1.807, 2.05) is 52.0 Å². The van der Waals surface area contributed by atoms with Gasteiger partial charge in [-0.2, -0.15) is 0 Å². The van der Waals surface area contributed by atoms with Gasteiger partial charge >= 0.3 is 48.1 Å². The van der Waals surface area contributed by atoms with Gasteiger partial charge in [-0.1, -0.05) is 97.1 Å². The van der Waals surface area contributed by atoms with E-state index in [0.717, 1.165) is 22.6 Å². The van der Waals surface area contributed by atoms with Crippen molar-refractivity contribution in [2.75, 3.05) is 29.9 Å². The summed E-state index contributed by atoms with van der Waals surface area (Å²) in [6.45, 7) is 8.33. The minimum absolute atomic E-state index is 0. The maximum atomic E-state index is 12.6. The second-order valence-corrected chi connectivity index (χ2v) is 18.8. The molecule has 0 bridgehead atoms. The maximum Gasteiger partial charge on any atom is 2.00 e. The van der Waals surface area contributed by atoms with E-state index in [2.05, 4.69) is 45.2 Å². The van der Waals surface area contributed by atoms with Crippen LogP contribution in [0.5, 0.6) is 11.5 Å². The number of carboxylic acid groups (broad SMARTS) is 1. The van der Waals surface area contributed by atoms with Crippen LogP contribution in [0.1, 0.15) is 89.9 Å². The summed E-state index contributed by atoms with van der Waals surface area (Å²) in [6.07, 6.45) is -4.30. The number of halogens is 2. The van der Waals surface area contributed by atoms with Crippen molar-refractivity contribution in [1.29, 1.82) is 0 Å². The molecule has 2 saturated heterocycles. The van der Waals surface area contributed by atoms with Crippen molar-refractivity contribution in [3.8, 4) is 11.5 Å². The molecule has 15 nitrogen and oxygen atoms in total. The number of carboxylic acids is 1. The zero-order chi connectivity index (χ0) is 41.3. The minimum Gasteiger partial charge on any atom is -0.693 e. The van der Waals surface area contributed by atoms with Crippen LogP contribution < -0.4 is 9.47 Å². The van der Waals surface area contributed by atoms with Crippen molar-refractivity contribution in [2.45, 2.75) is 103 Å². The summed E-state index contributed by atoms with van der Waals surface area (Å²) >= 11 is 4.55. The Hall–Kier alpha value is -1.12. The predicted octanol–water partition coefficient (Wildman–Crippen LogP) is 8.56. The minimum atomic E-state index is -1.45. The number of ether oxygens (including phenoxy) is 6. The van der Waals surface area contributed by atoms with E-state index in [9.17, 15) is 29.4 Å². The summed E-state index contributed by atoms with van der Waals surface area (Å²) < 4.78 is 34.9. The van der Waals surface area contributed by atoms with Gasteiger partial charge in [0.25, 0.3) is 0 Å². The normalized spacial score (nSPS) is 20.4. The monoisotopic (exact) mass is 1410 g/mol. The van der Waals surface area contributed by atoms with Gasteiger partial charge in [0.1, 0.15) is 23.7 Å². The van der Waals surface area contributed by atoms with Gasteiger partial charge in [-0.15, -0.1) is 0 Å². The van der Waals surface area contributed by atoms with E-state index in [-0.39, 0.29) is 107 Å². The van der Waals surface area contributed by atoms with Crippen LogP contribution in [0, 0.1) is 25.7 Å². The van der Waals surface area contributed by atoms with E-state index >= 15 is 0 Å². The fraction of sp³-hybridized carbons (Fsp3) is 0.561. The molecule has 6 atom stereocenters. The second-order valence-electron chi connectivity index (χ2n) is 14.4. The fourth-order valence-corrected chi connectivity index (χ4v) is 5.78. The van der Waals surface area contributed by atoms with Crippen LogP contribution in [0.3, 0.4) is 0 Å². The molecule has 0 radical (unpaired) electrons. The molecule has 2 aromatic carbocycles. The topological polar surface area (TPSA) is 242 Å². The summed E-state index contributed by atoms with van der Waals surface area (Å²) in [7, 11) is 3.17. The summed E-state index contributed by atoms with van der Waals surface area (Å²) in [5.41, 5.74) is 7.47. The predicted molar refractivity (Wildman–Crippen MR) is 238 cm³/mol. The number of ketones is 2. The van der Waals surface area contributed by atoms with Gasteiger partial charge in [-0.3, -0.25) is 9.59 Å². The first kappa shape index (κ1) is 65.5. The molecule has 60 heavy (non-hydrogen) atoms. The molecule has 2 aliphatic rings. The molecule has 0 spiro atoms. The van der Waals surface area contributed by atoms with Crippen LogP contribution in [-0.2, 0) is 80.3 Å². The number of aliphatic carboxylic acids is 1. The molecule has 2 aliphatic heterocycles. The number of benzene rings is 2. The van der Waals surface area contributed by atoms with Crippen molar-refractivity contribution in [2.24, 2.45) is 10.8 Å². The van der Waals surface area contributed by atoms with E-state index in [0.29, 0.717) is 19.6 Å². The molecule has 340 valence electrons. The van der Waals surface area contributed by atoms with E-state index < -0.39 is 59.7 Å². The number of methoxy groups -OCH3 is 2. The van der Waals surface area contributed by atoms with Crippen molar-refractivity contribution < 1.29 is 105 Å². The van der Waals surface area contributed by atoms with Gasteiger partial charge in [0.05, 0.1) is 41.9 Å². The quantitative estimate of drug-likeness (QED) is 0.0812. The van der Waals surface area contributed by atoms with Crippen molar-refractivity contribution in [3.63, 3.8) is 0 Å². The maximum absolute atomic E-state index is 12.6. The van der Waals surface area contributed by atoms with Crippen LogP contribution in [0.2, 0.25) is 0 Å². The van der Waals surface area contributed by atoms with E-state index in [1.54, 1.807) is 38.5 Å². The van der Waals surface area contributed by atoms with Gasteiger partial charge in [0.15, 0.2) is 30.3 Å². The number of carbonyl (C=O) groups is 4. The summed E-state index contributed by atoms with van der Waals surface area (Å²) in [5.74, 6) is -1.08. The smallest absolute Gasteiger partial charge is 0.693 e.